The average Bonchev–Trinajstić information content (AvgIpc) is 2.49. The fraction of sp³-hybridized carbons (Fsp3) is 0.632. The van der Waals surface area contributed by atoms with Gasteiger partial charge >= 0.3 is 0 Å². The van der Waals surface area contributed by atoms with Gasteiger partial charge in [-0.3, -0.25) is 4.98 Å². The highest BCUT2D eigenvalue weighted by molar-refractivity contribution is 5.08. The van der Waals surface area contributed by atoms with Crippen LogP contribution in [0.25, 0.3) is 0 Å². The molecule has 1 nitrogen and oxygen atoms in total. The van der Waals surface area contributed by atoms with Crippen LogP contribution in [0.15, 0.2) is 37.2 Å². The first-order valence-electron chi connectivity index (χ1n) is 8.43. The van der Waals surface area contributed by atoms with Crippen molar-refractivity contribution < 1.29 is 0 Å². The van der Waals surface area contributed by atoms with Crippen LogP contribution in [0.1, 0.15) is 76.2 Å². The summed E-state index contributed by atoms with van der Waals surface area (Å²) in [6, 6.07) is 4.21. The van der Waals surface area contributed by atoms with Crippen molar-refractivity contribution in [1.29, 1.82) is 0 Å². The topological polar surface area (TPSA) is 12.9 Å². The maximum Gasteiger partial charge on any atom is 0.0299 e. The van der Waals surface area contributed by atoms with Gasteiger partial charge in [-0.2, -0.15) is 0 Å². The first-order chi connectivity index (χ1) is 9.93. The molecule has 0 aromatic carbocycles. The largest absolute Gasteiger partial charge is 0.264 e. The summed E-state index contributed by atoms with van der Waals surface area (Å²) in [7, 11) is 0. The van der Waals surface area contributed by atoms with E-state index in [-0.39, 0.29) is 0 Å². The van der Waals surface area contributed by atoms with Crippen molar-refractivity contribution in [2.75, 3.05) is 0 Å². The molecular formula is C19H31N. The summed E-state index contributed by atoms with van der Waals surface area (Å²) in [5, 5.41) is 0. The van der Waals surface area contributed by atoms with Gasteiger partial charge < -0.3 is 0 Å². The lowest BCUT2D eigenvalue weighted by Gasteiger charge is -2.03. The highest BCUT2D eigenvalue weighted by Crippen LogP contribution is 2.12. The quantitative estimate of drug-likeness (QED) is 0.312. The smallest absolute Gasteiger partial charge is 0.0299 e. The van der Waals surface area contributed by atoms with Crippen molar-refractivity contribution in [2.24, 2.45) is 0 Å². The van der Waals surface area contributed by atoms with Crippen LogP contribution >= 0.6 is 0 Å². The summed E-state index contributed by atoms with van der Waals surface area (Å²) >= 11 is 0. The normalized spacial score (nSPS) is 10.6. The molecule has 0 saturated carbocycles. The molecule has 0 aliphatic carbocycles. The average molecular weight is 273 g/mol. The SMILES string of the molecule is C=CCCCCCCCCCCCCc1cccnc1. The van der Waals surface area contributed by atoms with E-state index in [1.54, 1.807) is 0 Å². The van der Waals surface area contributed by atoms with Crippen molar-refractivity contribution in [1.82, 2.24) is 4.98 Å². The molecule has 1 heterocycles. The molecule has 20 heavy (non-hydrogen) atoms. The van der Waals surface area contributed by atoms with Gasteiger partial charge in [-0.15, -0.1) is 6.58 Å². The van der Waals surface area contributed by atoms with E-state index >= 15 is 0 Å². The summed E-state index contributed by atoms with van der Waals surface area (Å²) in [5.74, 6) is 0. The zero-order chi connectivity index (χ0) is 14.3. The molecule has 0 radical (unpaired) electrons. The Balaban J connectivity index is 1.78. The Kier molecular flexibility index (Phi) is 10.9. The second-order valence-corrected chi connectivity index (χ2v) is 5.72. The molecule has 1 rings (SSSR count). The predicted octanol–water partition coefficient (Wildman–Crippen LogP) is 6.10. The first-order valence-corrected chi connectivity index (χ1v) is 8.43. The zero-order valence-electron chi connectivity index (χ0n) is 13.0. The Bertz CT molecular complexity index is 318. The fourth-order valence-electron chi connectivity index (χ4n) is 2.58. The van der Waals surface area contributed by atoms with E-state index in [1.165, 1.54) is 82.6 Å². The molecule has 0 bridgehead atoms. The van der Waals surface area contributed by atoms with Crippen molar-refractivity contribution in [3.05, 3.63) is 42.7 Å². The molecule has 0 unspecified atom stereocenters. The summed E-state index contributed by atoms with van der Waals surface area (Å²) in [6.45, 7) is 3.76. The molecular weight excluding hydrogens is 242 g/mol. The third-order valence-electron chi connectivity index (χ3n) is 3.85. The number of aryl methyl sites for hydroxylation is 1. The van der Waals surface area contributed by atoms with E-state index in [0.717, 1.165) is 0 Å². The molecule has 0 amide bonds. The molecule has 1 aromatic rings. The first kappa shape index (κ1) is 16.9. The summed E-state index contributed by atoms with van der Waals surface area (Å²) in [4.78, 5) is 4.15. The van der Waals surface area contributed by atoms with Gasteiger partial charge in [0, 0.05) is 12.4 Å². The number of hydrogen-bond acceptors (Lipinski definition) is 1. The van der Waals surface area contributed by atoms with Crippen LogP contribution < -0.4 is 0 Å². The van der Waals surface area contributed by atoms with Crippen LogP contribution in [-0.4, -0.2) is 4.98 Å². The Morgan fingerprint density at radius 2 is 1.45 bits per heavy atom. The Labute approximate surface area is 125 Å². The monoisotopic (exact) mass is 273 g/mol. The zero-order valence-corrected chi connectivity index (χ0v) is 13.0. The minimum Gasteiger partial charge on any atom is -0.264 e. The van der Waals surface area contributed by atoms with Crippen molar-refractivity contribution in [3.63, 3.8) is 0 Å². The standard InChI is InChI=1S/C19H31N/c1-2-3-4-5-6-7-8-9-10-11-12-13-15-19-16-14-17-20-18-19/h2,14,16-18H,1,3-13,15H2. The third-order valence-corrected chi connectivity index (χ3v) is 3.85. The van der Waals surface area contributed by atoms with Crippen molar-refractivity contribution >= 4 is 0 Å². The number of allylic oxidation sites excluding steroid dienone is 1. The number of nitrogens with zero attached hydrogens (tertiary/aromatic N) is 1. The Morgan fingerprint density at radius 3 is 2.00 bits per heavy atom. The molecule has 0 aliphatic heterocycles. The Hall–Kier alpha value is -1.11. The highest BCUT2D eigenvalue weighted by atomic mass is 14.6. The number of aromatic nitrogens is 1. The van der Waals surface area contributed by atoms with E-state index < -0.39 is 0 Å². The van der Waals surface area contributed by atoms with Gasteiger partial charge in [-0.1, -0.05) is 63.5 Å². The van der Waals surface area contributed by atoms with Crippen LogP contribution in [0.5, 0.6) is 0 Å². The number of rotatable bonds is 13. The molecule has 0 aliphatic rings. The van der Waals surface area contributed by atoms with Gasteiger partial charge in [0.25, 0.3) is 0 Å². The molecule has 112 valence electrons. The molecule has 0 N–H and O–H groups in total. The third kappa shape index (κ3) is 9.77. The minimum atomic E-state index is 1.19. The second-order valence-electron chi connectivity index (χ2n) is 5.72. The van der Waals surface area contributed by atoms with Crippen molar-refractivity contribution in [3.8, 4) is 0 Å². The molecule has 0 atom stereocenters. The van der Waals surface area contributed by atoms with Gasteiger partial charge in [0.2, 0.25) is 0 Å². The minimum absolute atomic E-state index is 1.19. The van der Waals surface area contributed by atoms with Gasteiger partial charge in [0.1, 0.15) is 0 Å². The van der Waals surface area contributed by atoms with Crippen LogP contribution in [0.3, 0.4) is 0 Å². The van der Waals surface area contributed by atoms with Gasteiger partial charge in [0.05, 0.1) is 0 Å². The summed E-state index contributed by atoms with van der Waals surface area (Å²) in [5.41, 5.74) is 1.38. The molecule has 0 saturated heterocycles. The van der Waals surface area contributed by atoms with E-state index in [2.05, 4.69) is 17.6 Å². The van der Waals surface area contributed by atoms with E-state index in [9.17, 15) is 0 Å². The molecule has 1 aromatic heterocycles. The van der Waals surface area contributed by atoms with Gasteiger partial charge in [0.15, 0.2) is 0 Å². The number of unbranched alkanes of at least 4 members (excludes halogenated alkanes) is 10. The lowest BCUT2D eigenvalue weighted by molar-refractivity contribution is 0.552. The maximum absolute atomic E-state index is 4.15. The van der Waals surface area contributed by atoms with E-state index in [1.807, 2.05) is 24.5 Å². The molecule has 1 heteroatoms. The molecule has 0 spiro atoms. The van der Waals surface area contributed by atoms with Gasteiger partial charge in [-0.05, 0) is 37.3 Å². The number of pyridine rings is 1. The van der Waals surface area contributed by atoms with E-state index in [4.69, 9.17) is 0 Å². The fourth-order valence-corrected chi connectivity index (χ4v) is 2.58. The maximum atomic E-state index is 4.15. The second kappa shape index (κ2) is 12.9. The van der Waals surface area contributed by atoms with Crippen LogP contribution in [0.2, 0.25) is 0 Å². The van der Waals surface area contributed by atoms with Crippen molar-refractivity contribution in [2.45, 2.75) is 77.0 Å². The van der Waals surface area contributed by atoms with Crippen LogP contribution in [0, 0.1) is 0 Å². The molecule has 0 fully saturated rings. The van der Waals surface area contributed by atoms with Crippen LogP contribution in [-0.2, 0) is 6.42 Å². The van der Waals surface area contributed by atoms with Crippen LogP contribution in [0.4, 0.5) is 0 Å². The predicted molar refractivity (Wildman–Crippen MR) is 88.9 cm³/mol. The number of hydrogen-bond donors (Lipinski definition) is 0. The summed E-state index contributed by atoms with van der Waals surface area (Å²) in [6.07, 6.45) is 22.2. The highest BCUT2D eigenvalue weighted by Gasteiger charge is 1.94. The Morgan fingerprint density at radius 1 is 0.850 bits per heavy atom. The lowest BCUT2D eigenvalue weighted by atomic mass is 10.0. The van der Waals surface area contributed by atoms with Gasteiger partial charge in [-0.25, -0.2) is 0 Å². The lowest BCUT2D eigenvalue weighted by Crippen LogP contribution is -1.87. The summed E-state index contributed by atoms with van der Waals surface area (Å²) < 4.78 is 0. The van der Waals surface area contributed by atoms with E-state index in [0.29, 0.717) is 0 Å².